The minimum Gasteiger partial charge on any atom is -0.482 e. The molecule has 4 rings (SSSR count). The van der Waals surface area contributed by atoms with E-state index < -0.39 is 18.2 Å². The predicted octanol–water partition coefficient (Wildman–Crippen LogP) is 5.59. The molecule has 1 aliphatic carbocycles. The second-order valence-electron chi connectivity index (χ2n) is 8.57. The van der Waals surface area contributed by atoms with Crippen LogP contribution in [-0.2, 0) is 20.7 Å². The summed E-state index contributed by atoms with van der Waals surface area (Å²) in [7, 11) is 0. The first-order valence-corrected chi connectivity index (χ1v) is 12.2. The van der Waals surface area contributed by atoms with Crippen LogP contribution in [0.1, 0.15) is 37.0 Å². The van der Waals surface area contributed by atoms with E-state index in [1.807, 2.05) is 72.8 Å². The van der Waals surface area contributed by atoms with E-state index in [1.165, 1.54) is 0 Å². The highest BCUT2D eigenvalue weighted by molar-refractivity contribution is 5.95. The summed E-state index contributed by atoms with van der Waals surface area (Å²) in [5.74, 6) is 0.101. The van der Waals surface area contributed by atoms with Gasteiger partial charge >= 0.3 is 12.1 Å². The van der Waals surface area contributed by atoms with Gasteiger partial charge in [-0.05, 0) is 73.6 Å². The third kappa shape index (κ3) is 6.04. The number of nitrogens with zero attached hydrogens (tertiary/aromatic N) is 1. The Labute approximate surface area is 211 Å². The number of para-hydroxylation sites is 2. The normalized spacial score (nSPS) is 16.5. The molecule has 0 saturated carbocycles. The summed E-state index contributed by atoms with van der Waals surface area (Å²) in [5, 5.41) is 11.0. The maximum absolute atomic E-state index is 13.1. The van der Waals surface area contributed by atoms with Gasteiger partial charge in [0.1, 0.15) is 5.75 Å². The van der Waals surface area contributed by atoms with Gasteiger partial charge in [0.2, 0.25) is 0 Å². The summed E-state index contributed by atoms with van der Waals surface area (Å²) in [4.78, 5) is 26.3. The topological polar surface area (TPSA) is 85.3 Å². The Morgan fingerprint density at radius 2 is 1.58 bits per heavy atom. The number of aliphatic hydroxyl groups excluding tert-OH is 1. The third-order valence-electron chi connectivity index (χ3n) is 6.28. The van der Waals surface area contributed by atoms with Gasteiger partial charge < -0.3 is 19.3 Å². The summed E-state index contributed by atoms with van der Waals surface area (Å²) in [5.41, 5.74) is 3.13. The summed E-state index contributed by atoms with van der Waals surface area (Å²) < 4.78 is 16.3. The number of rotatable bonds is 9. The van der Waals surface area contributed by atoms with E-state index in [0.717, 1.165) is 22.5 Å². The zero-order valence-corrected chi connectivity index (χ0v) is 20.3. The minimum absolute atomic E-state index is 0.0625. The van der Waals surface area contributed by atoms with Crippen molar-refractivity contribution in [2.24, 2.45) is 5.92 Å². The lowest BCUT2D eigenvalue weighted by molar-refractivity contribution is -0.145. The molecule has 0 fully saturated rings. The summed E-state index contributed by atoms with van der Waals surface area (Å²) >= 11 is 0. The first-order chi connectivity index (χ1) is 17.6. The van der Waals surface area contributed by atoms with Gasteiger partial charge in [-0.3, -0.25) is 0 Å². The van der Waals surface area contributed by atoms with Crippen molar-refractivity contribution in [3.63, 3.8) is 0 Å². The lowest BCUT2D eigenvalue weighted by Crippen LogP contribution is -2.28. The highest BCUT2D eigenvalue weighted by atomic mass is 16.6. The lowest BCUT2D eigenvalue weighted by atomic mass is 9.79. The van der Waals surface area contributed by atoms with Crippen molar-refractivity contribution in [1.82, 2.24) is 0 Å². The Morgan fingerprint density at radius 3 is 2.22 bits per heavy atom. The van der Waals surface area contributed by atoms with Crippen LogP contribution in [0.2, 0.25) is 0 Å². The van der Waals surface area contributed by atoms with Crippen LogP contribution in [0, 0.1) is 5.92 Å². The van der Waals surface area contributed by atoms with Gasteiger partial charge in [0.05, 0.1) is 30.7 Å². The largest absolute Gasteiger partial charge is 0.482 e. The zero-order valence-electron chi connectivity index (χ0n) is 20.3. The van der Waals surface area contributed by atoms with Crippen molar-refractivity contribution in [1.29, 1.82) is 0 Å². The fourth-order valence-corrected chi connectivity index (χ4v) is 4.52. The monoisotopic (exact) mass is 489 g/mol. The van der Waals surface area contributed by atoms with Gasteiger partial charge in [-0.2, -0.15) is 0 Å². The van der Waals surface area contributed by atoms with E-state index in [9.17, 15) is 14.7 Å². The van der Waals surface area contributed by atoms with Crippen molar-refractivity contribution in [3.8, 4) is 5.75 Å². The molecule has 0 aliphatic heterocycles. The summed E-state index contributed by atoms with van der Waals surface area (Å²) in [6.07, 6.45) is 0.764. The first kappa shape index (κ1) is 25.3. The van der Waals surface area contributed by atoms with Gasteiger partial charge in [-0.25, -0.2) is 14.5 Å². The highest BCUT2D eigenvalue weighted by Gasteiger charge is 2.30. The Bertz CT molecular complexity index is 1110. The van der Waals surface area contributed by atoms with E-state index in [4.69, 9.17) is 14.2 Å². The number of anilines is 2. The van der Waals surface area contributed by atoms with Gasteiger partial charge in [-0.1, -0.05) is 48.5 Å². The SMILES string of the molecule is CCOC(=O)COc1cccc2c1CCC(CCOC(=O)N(c1ccccc1)c1ccccc1)C2O. The van der Waals surface area contributed by atoms with Gasteiger partial charge in [-0.15, -0.1) is 0 Å². The maximum Gasteiger partial charge on any atom is 0.418 e. The Morgan fingerprint density at radius 1 is 0.917 bits per heavy atom. The number of fused-ring (bicyclic) bond motifs is 1. The molecule has 0 bridgehead atoms. The quantitative estimate of drug-likeness (QED) is 0.395. The fourth-order valence-electron chi connectivity index (χ4n) is 4.52. The van der Waals surface area contributed by atoms with Gasteiger partial charge in [0.25, 0.3) is 0 Å². The van der Waals surface area contributed by atoms with Crippen molar-refractivity contribution < 1.29 is 28.9 Å². The summed E-state index contributed by atoms with van der Waals surface area (Å²) in [6.45, 7) is 2.07. The Balaban J connectivity index is 1.37. The number of amides is 1. The van der Waals surface area contributed by atoms with E-state index in [0.29, 0.717) is 31.6 Å². The number of carbonyl (C=O) groups is 2. The van der Waals surface area contributed by atoms with Crippen molar-refractivity contribution in [2.45, 2.75) is 32.3 Å². The van der Waals surface area contributed by atoms with E-state index >= 15 is 0 Å². The van der Waals surface area contributed by atoms with Crippen molar-refractivity contribution >= 4 is 23.4 Å². The van der Waals surface area contributed by atoms with Crippen LogP contribution < -0.4 is 9.64 Å². The van der Waals surface area contributed by atoms with Crippen molar-refractivity contribution in [3.05, 3.63) is 90.0 Å². The minimum atomic E-state index is -0.710. The van der Waals surface area contributed by atoms with E-state index in [1.54, 1.807) is 17.9 Å². The average Bonchev–Trinajstić information content (AvgIpc) is 2.90. The molecule has 0 radical (unpaired) electrons. The zero-order chi connectivity index (χ0) is 25.3. The van der Waals surface area contributed by atoms with Crippen LogP contribution in [-0.4, -0.2) is 37.0 Å². The van der Waals surface area contributed by atoms with Crippen LogP contribution in [0.5, 0.6) is 5.75 Å². The molecule has 36 heavy (non-hydrogen) atoms. The van der Waals surface area contributed by atoms with Crippen LogP contribution in [0.3, 0.4) is 0 Å². The van der Waals surface area contributed by atoms with Crippen LogP contribution in [0.25, 0.3) is 0 Å². The Hall–Kier alpha value is -3.84. The Kier molecular flexibility index (Phi) is 8.57. The number of benzene rings is 3. The fraction of sp³-hybridized carbons (Fsp3) is 0.310. The molecule has 3 aromatic carbocycles. The molecule has 3 aromatic rings. The van der Waals surface area contributed by atoms with Crippen LogP contribution in [0.15, 0.2) is 78.9 Å². The number of ether oxygens (including phenoxy) is 3. The molecule has 1 N–H and O–H groups in total. The van der Waals surface area contributed by atoms with E-state index in [2.05, 4.69) is 0 Å². The second-order valence-corrected chi connectivity index (χ2v) is 8.57. The number of carbonyl (C=O) groups excluding carboxylic acids is 2. The van der Waals surface area contributed by atoms with Gasteiger partial charge in [0.15, 0.2) is 6.61 Å². The molecule has 2 atom stereocenters. The number of hydrogen-bond donors (Lipinski definition) is 1. The molecule has 0 saturated heterocycles. The number of hydrogen-bond acceptors (Lipinski definition) is 6. The maximum atomic E-state index is 13.1. The molecule has 7 nitrogen and oxygen atoms in total. The van der Waals surface area contributed by atoms with E-state index in [-0.39, 0.29) is 19.1 Å². The third-order valence-corrected chi connectivity index (χ3v) is 6.28. The first-order valence-electron chi connectivity index (χ1n) is 12.2. The molecular weight excluding hydrogens is 458 g/mol. The molecule has 7 heteroatoms. The summed E-state index contributed by atoms with van der Waals surface area (Å²) in [6, 6.07) is 24.2. The molecule has 0 aromatic heterocycles. The standard InChI is InChI=1S/C29H31NO6/c1-2-34-27(31)20-36-26-15-9-14-25-24(26)17-16-21(28(25)32)18-19-35-29(33)30(22-10-5-3-6-11-22)23-12-7-4-8-13-23/h3-15,21,28,32H,2,16-20H2,1H3. The van der Waals surface area contributed by atoms with Crippen LogP contribution in [0.4, 0.5) is 16.2 Å². The molecular formula is C29H31NO6. The predicted molar refractivity (Wildman–Crippen MR) is 136 cm³/mol. The number of esters is 1. The van der Waals surface area contributed by atoms with Gasteiger partial charge in [0, 0.05) is 0 Å². The second kappa shape index (κ2) is 12.2. The van der Waals surface area contributed by atoms with Crippen LogP contribution >= 0.6 is 0 Å². The smallest absolute Gasteiger partial charge is 0.418 e. The molecule has 1 aliphatic rings. The molecule has 0 heterocycles. The molecule has 0 spiro atoms. The molecule has 1 amide bonds. The van der Waals surface area contributed by atoms with Crippen molar-refractivity contribution in [2.75, 3.05) is 24.7 Å². The number of aliphatic hydroxyl groups is 1. The average molecular weight is 490 g/mol. The highest BCUT2D eigenvalue weighted by Crippen LogP contribution is 2.40. The molecule has 188 valence electrons. The lowest BCUT2D eigenvalue weighted by Gasteiger charge is -2.31. The molecule has 2 unspecified atom stereocenters.